The average molecular weight is 159 g/mol. The molecule has 1 aliphatic rings. The molecule has 0 bridgehead atoms. The van der Waals surface area contributed by atoms with Crippen LogP contribution in [0.1, 0.15) is 13.8 Å². The number of ether oxygens (including phenoxy) is 1. The fraction of sp³-hybridized carbons (Fsp3) is 0.857. The van der Waals surface area contributed by atoms with Gasteiger partial charge < -0.3 is 15.2 Å². The van der Waals surface area contributed by atoms with E-state index in [0.717, 1.165) is 0 Å². The summed E-state index contributed by atoms with van der Waals surface area (Å²) in [5, 5.41) is 12.0. The van der Waals surface area contributed by atoms with Crippen LogP contribution in [0.15, 0.2) is 0 Å². The molecule has 0 saturated carbocycles. The van der Waals surface area contributed by atoms with Gasteiger partial charge in [-0.2, -0.15) is 0 Å². The second-order valence-corrected chi connectivity index (χ2v) is 3.08. The second-order valence-electron chi connectivity index (χ2n) is 3.08. The fourth-order valence-corrected chi connectivity index (χ4v) is 1.05. The number of nitrogens with one attached hydrogen (secondary N) is 1. The average Bonchev–Trinajstić information content (AvgIpc) is 2.34. The zero-order valence-corrected chi connectivity index (χ0v) is 6.70. The Morgan fingerprint density at radius 3 is 2.73 bits per heavy atom. The van der Waals surface area contributed by atoms with Crippen molar-refractivity contribution in [2.24, 2.45) is 5.92 Å². The maximum Gasteiger partial charge on any atom is 0.407 e. The molecule has 1 fully saturated rings. The quantitative estimate of drug-likeness (QED) is 0.601. The smallest absolute Gasteiger partial charge is 0.407 e. The van der Waals surface area contributed by atoms with Gasteiger partial charge in [0, 0.05) is 0 Å². The summed E-state index contributed by atoms with van der Waals surface area (Å²) >= 11 is 0. The first-order valence-electron chi connectivity index (χ1n) is 3.72. The molecule has 1 saturated heterocycles. The molecule has 2 N–H and O–H groups in total. The maximum absolute atomic E-state index is 10.5. The van der Waals surface area contributed by atoms with Gasteiger partial charge in [0.05, 0.1) is 12.1 Å². The minimum absolute atomic E-state index is 0.141. The van der Waals surface area contributed by atoms with Crippen LogP contribution in [0.25, 0.3) is 0 Å². The van der Waals surface area contributed by atoms with Crippen molar-refractivity contribution in [2.75, 3.05) is 6.61 Å². The Morgan fingerprint density at radius 1 is 1.73 bits per heavy atom. The summed E-state index contributed by atoms with van der Waals surface area (Å²) in [6.07, 6.45) is -0.948. The molecule has 1 aliphatic heterocycles. The number of cyclic esters (lactones) is 1. The number of aliphatic hydroxyl groups excluding tert-OH is 1. The van der Waals surface area contributed by atoms with Crippen LogP contribution < -0.4 is 5.32 Å². The Balaban J connectivity index is 2.43. The first-order valence-corrected chi connectivity index (χ1v) is 3.72. The number of aliphatic hydroxyl groups is 1. The zero-order chi connectivity index (χ0) is 8.43. The van der Waals surface area contributed by atoms with Crippen molar-refractivity contribution in [2.45, 2.75) is 26.0 Å². The lowest BCUT2D eigenvalue weighted by Gasteiger charge is -2.18. The minimum atomic E-state index is -0.513. The molecule has 1 heterocycles. The van der Waals surface area contributed by atoms with E-state index in [1.165, 1.54) is 0 Å². The van der Waals surface area contributed by atoms with Crippen LogP contribution in [-0.2, 0) is 4.74 Å². The monoisotopic (exact) mass is 159 g/mol. The Kier molecular flexibility index (Phi) is 2.34. The van der Waals surface area contributed by atoms with Crippen molar-refractivity contribution in [3.63, 3.8) is 0 Å². The molecule has 0 aliphatic carbocycles. The van der Waals surface area contributed by atoms with E-state index in [1.54, 1.807) is 0 Å². The van der Waals surface area contributed by atoms with E-state index in [0.29, 0.717) is 0 Å². The molecule has 0 spiro atoms. The summed E-state index contributed by atoms with van der Waals surface area (Å²) in [6, 6.07) is -0.234. The molecule has 0 aromatic heterocycles. The lowest BCUT2D eigenvalue weighted by molar-refractivity contribution is 0.0841. The zero-order valence-electron chi connectivity index (χ0n) is 6.70. The van der Waals surface area contributed by atoms with Gasteiger partial charge in [-0.05, 0) is 5.92 Å². The number of amides is 1. The lowest BCUT2D eigenvalue weighted by atomic mass is 10.0. The normalized spacial score (nSPS) is 26.5. The maximum atomic E-state index is 10.5. The van der Waals surface area contributed by atoms with Crippen LogP contribution >= 0.6 is 0 Å². The molecule has 64 valence electrons. The number of hydrogen-bond acceptors (Lipinski definition) is 3. The Morgan fingerprint density at radius 2 is 2.36 bits per heavy atom. The molecule has 1 rings (SSSR count). The second kappa shape index (κ2) is 3.09. The Bertz CT molecular complexity index is 158. The van der Waals surface area contributed by atoms with Crippen LogP contribution in [0.4, 0.5) is 4.79 Å². The predicted octanol–water partition coefficient (Wildman–Crippen LogP) is 0.112. The van der Waals surface area contributed by atoms with Gasteiger partial charge in [0.15, 0.2) is 0 Å². The summed E-state index contributed by atoms with van der Waals surface area (Å²) in [7, 11) is 0. The molecule has 0 unspecified atom stereocenters. The Labute approximate surface area is 65.5 Å². The van der Waals surface area contributed by atoms with E-state index >= 15 is 0 Å². The van der Waals surface area contributed by atoms with Gasteiger partial charge in [0.25, 0.3) is 0 Å². The van der Waals surface area contributed by atoms with Crippen LogP contribution in [0, 0.1) is 5.92 Å². The molecule has 2 atom stereocenters. The lowest BCUT2D eigenvalue weighted by Crippen LogP contribution is -2.40. The van der Waals surface area contributed by atoms with Crippen molar-refractivity contribution >= 4 is 6.09 Å². The van der Waals surface area contributed by atoms with Crippen molar-refractivity contribution < 1.29 is 14.6 Å². The highest BCUT2D eigenvalue weighted by Crippen LogP contribution is 2.10. The highest BCUT2D eigenvalue weighted by atomic mass is 16.6. The van der Waals surface area contributed by atoms with E-state index < -0.39 is 12.2 Å². The van der Waals surface area contributed by atoms with Gasteiger partial charge >= 0.3 is 6.09 Å². The summed E-state index contributed by atoms with van der Waals surface area (Å²) in [5.41, 5.74) is 0. The highest BCUT2D eigenvalue weighted by Gasteiger charge is 2.30. The molecular formula is C7H13NO3. The standard InChI is InChI=1S/C7H13NO3/c1-4(2)6(9)5-3-11-7(10)8-5/h4-6,9H,3H2,1-2H3,(H,8,10)/t5-,6+/m1/s1. The number of alkyl carbamates (subject to hydrolysis) is 1. The molecule has 1 amide bonds. The molecule has 11 heavy (non-hydrogen) atoms. The third-order valence-electron chi connectivity index (χ3n) is 1.79. The summed E-state index contributed by atoms with van der Waals surface area (Å²) in [5.74, 6) is 0.141. The fourth-order valence-electron chi connectivity index (χ4n) is 1.05. The van der Waals surface area contributed by atoms with E-state index in [-0.39, 0.29) is 18.6 Å². The SMILES string of the molecule is CC(C)[C@H](O)[C@H]1COC(=O)N1. The third-order valence-corrected chi connectivity index (χ3v) is 1.79. The number of rotatable bonds is 2. The third kappa shape index (κ3) is 1.83. The topological polar surface area (TPSA) is 58.6 Å². The largest absolute Gasteiger partial charge is 0.447 e. The van der Waals surface area contributed by atoms with Crippen LogP contribution in [-0.4, -0.2) is 30.0 Å². The number of carbonyl (C=O) groups is 1. The first kappa shape index (κ1) is 8.33. The van der Waals surface area contributed by atoms with Gasteiger partial charge in [-0.1, -0.05) is 13.8 Å². The van der Waals surface area contributed by atoms with Crippen molar-refractivity contribution in [3.05, 3.63) is 0 Å². The van der Waals surface area contributed by atoms with Gasteiger partial charge in [-0.3, -0.25) is 0 Å². The summed E-state index contributed by atoms with van der Waals surface area (Å²) < 4.78 is 4.63. The van der Waals surface area contributed by atoms with Gasteiger partial charge in [-0.15, -0.1) is 0 Å². The van der Waals surface area contributed by atoms with Crippen LogP contribution in [0.5, 0.6) is 0 Å². The highest BCUT2D eigenvalue weighted by molar-refractivity contribution is 5.69. The summed E-state index contributed by atoms with van der Waals surface area (Å²) in [6.45, 7) is 4.07. The number of hydrogen-bond donors (Lipinski definition) is 2. The molecule has 0 radical (unpaired) electrons. The Hall–Kier alpha value is -0.770. The van der Waals surface area contributed by atoms with E-state index in [1.807, 2.05) is 13.8 Å². The van der Waals surface area contributed by atoms with Crippen molar-refractivity contribution in [1.29, 1.82) is 0 Å². The van der Waals surface area contributed by atoms with E-state index in [9.17, 15) is 9.90 Å². The molecule has 4 heteroatoms. The van der Waals surface area contributed by atoms with Gasteiger partial charge in [-0.25, -0.2) is 4.79 Å². The van der Waals surface area contributed by atoms with Crippen molar-refractivity contribution in [3.8, 4) is 0 Å². The number of carbonyl (C=O) groups excluding carboxylic acids is 1. The molecule has 0 aromatic carbocycles. The van der Waals surface area contributed by atoms with Gasteiger partial charge in [0.2, 0.25) is 0 Å². The molecule has 4 nitrogen and oxygen atoms in total. The van der Waals surface area contributed by atoms with Gasteiger partial charge in [0.1, 0.15) is 6.61 Å². The molecule has 0 aromatic rings. The van der Waals surface area contributed by atoms with Crippen molar-refractivity contribution in [1.82, 2.24) is 5.32 Å². The first-order chi connectivity index (χ1) is 5.11. The van der Waals surface area contributed by atoms with Crippen LogP contribution in [0.3, 0.4) is 0 Å². The van der Waals surface area contributed by atoms with E-state index in [2.05, 4.69) is 10.1 Å². The molecular weight excluding hydrogens is 146 g/mol. The summed E-state index contributed by atoms with van der Waals surface area (Å²) in [4.78, 5) is 10.5. The van der Waals surface area contributed by atoms with Crippen LogP contribution in [0.2, 0.25) is 0 Å². The predicted molar refractivity (Wildman–Crippen MR) is 39.1 cm³/mol. The van der Waals surface area contributed by atoms with E-state index in [4.69, 9.17) is 0 Å². The minimum Gasteiger partial charge on any atom is -0.447 e.